The molecule has 1 unspecified atom stereocenters. The lowest BCUT2D eigenvalue weighted by molar-refractivity contribution is -0.140. The van der Waals surface area contributed by atoms with Crippen LogP contribution in [-0.2, 0) is 9.59 Å². The number of thioether (sulfide) groups is 1. The van der Waals surface area contributed by atoms with Gasteiger partial charge in [-0.25, -0.2) is 9.18 Å². The minimum atomic E-state index is -1.04. The van der Waals surface area contributed by atoms with Crippen molar-refractivity contribution < 1.29 is 23.8 Å². The highest BCUT2D eigenvalue weighted by Gasteiger charge is 2.17. The Bertz CT molecular complexity index is 467. The number of rotatable bonds is 9. The molecule has 1 amide bonds. The first kappa shape index (κ1) is 17.3. The fourth-order valence-electron chi connectivity index (χ4n) is 1.50. The number of nitrogens with one attached hydrogen (secondary N) is 1. The molecule has 0 radical (unpaired) electrons. The fraction of sp³-hybridized carbons (Fsp3) is 0.429. The first-order valence-corrected chi connectivity index (χ1v) is 7.60. The molecule has 0 saturated heterocycles. The number of carbonyl (C=O) groups excluding carboxylic acids is 1. The normalized spacial score (nSPS) is 11.7. The van der Waals surface area contributed by atoms with E-state index in [1.807, 2.05) is 0 Å². The molecule has 2 N–H and O–H groups in total. The lowest BCUT2D eigenvalue weighted by atomic mass is 10.3. The highest BCUT2D eigenvalue weighted by molar-refractivity contribution is 7.99. The average molecular weight is 315 g/mol. The topological polar surface area (TPSA) is 75.6 Å². The van der Waals surface area contributed by atoms with Crippen molar-refractivity contribution in [2.75, 3.05) is 18.1 Å². The summed E-state index contributed by atoms with van der Waals surface area (Å²) in [6.07, 6.45) is 0.731. The molecule has 0 aliphatic rings. The third kappa shape index (κ3) is 7.55. The molecular weight excluding hydrogens is 297 g/mol. The van der Waals surface area contributed by atoms with E-state index in [1.54, 1.807) is 12.1 Å². The second kappa shape index (κ2) is 9.23. The summed E-state index contributed by atoms with van der Waals surface area (Å²) in [5, 5.41) is 11.3. The van der Waals surface area contributed by atoms with Gasteiger partial charge in [0.25, 0.3) is 0 Å². The lowest BCUT2D eigenvalue weighted by Crippen LogP contribution is -2.41. The van der Waals surface area contributed by atoms with Crippen LogP contribution in [0.4, 0.5) is 4.39 Å². The fourth-order valence-corrected chi connectivity index (χ4v) is 2.45. The van der Waals surface area contributed by atoms with E-state index in [0.29, 0.717) is 23.9 Å². The van der Waals surface area contributed by atoms with Gasteiger partial charge in [0.05, 0.1) is 6.61 Å². The van der Waals surface area contributed by atoms with Gasteiger partial charge in [-0.1, -0.05) is 0 Å². The van der Waals surface area contributed by atoms with Gasteiger partial charge in [0.1, 0.15) is 17.6 Å². The van der Waals surface area contributed by atoms with Crippen LogP contribution in [0.2, 0.25) is 0 Å². The van der Waals surface area contributed by atoms with Crippen molar-refractivity contribution in [3.63, 3.8) is 0 Å². The van der Waals surface area contributed by atoms with Crippen molar-refractivity contribution in [3.8, 4) is 5.75 Å². The van der Waals surface area contributed by atoms with Crippen LogP contribution in [0, 0.1) is 5.82 Å². The molecule has 0 heterocycles. The number of aliphatic carboxylic acids is 1. The highest BCUT2D eigenvalue weighted by atomic mass is 32.2. The van der Waals surface area contributed by atoms with Crippen LogP contribution in [0.5, 0.6) is 5.75 Å². The standard InChI is InChI=1S/C14H18FNO4S/c1-10(17)16-13(14(18)19)9-21-8-2-7-20-12-5-3-11(15)4-6-12/h3-6,13H,2,7-9H2,1H3,(H,16,17)(H,18,19). The first-order valence-electron chi connectivity index (χ1n) is 6.45. The Morgan fingerprint density at radius 3 is 2.62 bits per heavy atom. The van der Waals surface area contributed by atoms with E-state index in [4.69, 9.17) is 9.84 Å². The Kier molecular flexibility index (Phi) is 7.60. The summed E-state index contributed by atoms with van der Waals surface area (Å²) in [6, 6.07) is 4.90. The molecule has 1 rings (SSSR count). The van der Waals surface area contributed by atoms with Crippen molar-refractivity contribution in [1.82, 2.24) is 5.32 Å². The summed E-state index contributed by atoms with van der Waals surface area (Å²) < 4.78 is 18.1. The largest absolute Gasteiger partial charge is 0.494 e. The van der Waals surface area contributed by atoms with E-state index in [0.717, 1.165) is 6.42 Å². The van der Waals surface area contributed by atoms with Gasteiger partial charge in [-0.15, -0.1) is 0 Å². The molecule has 0 aliphatic carbocycles. The molecule has 1 aromatic rings. The Balaban J connectivity index is 2.14. The summed E-state index contributed by atoms with van der Waals surface area (Å²) in [5.41, 5.74) is 0. The van der Waals surface area contributed by atoms with Crippen molar-refractivity contribution in [3.05, 3.63) is 30.1 Å². The van der Waals surface area contributed by atoms with Crippen LogP contribution in [0.1, 0.15) is 13.3 Å². The van der Waals surface area contributed by atoms with Gasteiger partial charge in [-0.3, -0.25) is 4.79 Å². The van der Waals surface area contributed by atoms with Gasteiger partial charge in [0.15, 0.2) is 0 Å². The summed E-state index contributed by atoms with van der Waals surface area (Å²) >= 11 is 1.43. The smallest absolute Gasteiger partial charge is 0.327 e. The van der Waals surface area contributed by atoms with E-state index < -0.39 is 12.0 Å². The summed E-state index contributed by atoms with van der Waals surface area (Å²) in [4.78, 5) is 21.7. The Labute approximate surface area is 126 Å². The molecule has 1 aromatic carbocycles. The lowest BCUT2D eigenvalue weighted by Gasteiger charge is -2.12. The molecule has 1 atom stereocenters. The van der Waals surface area contributed by atoms with Crippen LogP contribution in [0.15, 0.2) is 24.3 Å². The van der Waals surface area contributed by atoms with Gasteiger partial charge >= 0.3 is 5.97 Å². The van der Waals surface area contributed by atoms with Crippen molar-refractivity contribution >= 4 is 23.6 Å². The van der Waals surface area contributed by atoms with E-state index in [9.17, 15) is 14.0 Å². The maximum Gasteiger partial charge on any atom is 0.327 e. The molecular formula is C14H18FNO4S. The zero-order chi connectivity index (χ0) is 15.7. The van der Waals surface area contributed by atoms with Crippen LogP contribution in [0.3, 0.4) is 0 Å². The van der Waals surface area contributed by atoms with Gasteiger partial charge in [-0.05, 0) is 36.4 Å². The van der Waals surface area contributed by atoms with E-state index in [-0.39, 0.29) is 11.7 Å². The molecule has 21 heavy (non-hydrogen) atoms. The summed E-state index contributed by atoms with van der Waals surface area (Å²) in [7, 11) is 0. The van der Waals surface area contributed by atoms with Gasteiger partial charge in [0, 0.05) is 12.7 Å². The summed E-state index contributed by atoms with van der Waals surface area (Å²) in [6.45, 7) is 1.76. The van der Waals surface area contributed by atoms with Crippen LogP contribution >= 0.6 is 11.8 Å². The second-order valence-electron chi connectivity index (χ2n) is 4.32. The Morgan fingerprint density at radius 2 is 2.05 bits per heavy atom. The van der Waals surface area contributed by atoms with Crippen molar-refractivity contribution in [1.29, 1.82) is 0 Å². The number of carboxylic acid groups (broad SMARTS) is 1. The average Bonchev–Trinajstić information content (AvgIpc) is 2.42. The van der Waals surface area contributed by atoms with E-state index in [2.05, 4.69) is 5.32 Å². The number of amides is 1. The zero-order valence-electron chi connectivity index (χ0n) is 11.7. The number of hydrogen-bond donors (Lipinski definition) is 2. The Hall–Kier alpha value is -1.76. The van der Waals surface area contributed by atoms with Crippen LogP contribution in [0.25, 0.3) is 0 Å². The maximum atomic E-state index is 12.7. The molecule has 0 spiro atoms. The summed E-state index contributed by atoms with van der Waals surface area (Å²) in [5.74, 6) is -0.0858. The molecule has 5 nitrogen and oxygen atoms in total. The predicted octanol–water partition coefficient (Wildman–Crippen LogP) is 1.92. The van der Waals surface area contributed by atoms with Crippen molar-refractivity contribution in [2.45, 2.75) is 19.4 Å². The van der Waals surface area contributed by atoms with Crippen LogP contribution < -0.4 is 10.1 Å². The zero-order valence-corrected chi connectivity index (χ0v) is 12.5. The number of ether oxygens (including phenoxy) is 1. The molecule has 0 aliphatic heterocycles. The monoisotopic (exact) mass is 315 g/mol. The number of carbonyl (C=O) groups is 2. The highest BCUT2D eigenvalue weighted by Crippen LogP contribution is 2.12. The van der Waals surface area contributed by atoms with Gasteiger partial charge in [0.2, 0.25) is 5.91 Å². The van der Waals surface area contributed by atoms with Crippen LogP contribution in [-0.4, -0.2) is 41.1 Å². The number of carboxylic acids is 1. The quantitative estimate of drug-likeness (QED) is 0.681. The second-order valence-corrected chi connectivity index (χ2v) is 5.47. The molecule has 0 saturated carbocycles. The number of halogens is 1. The molecule has 7 heteroatoms. The first-order chi connectivity index (χ1) is 9.99. The number of hydrogen-bond acceptors (Lipinski definition) is 4. The third-order valence-electron chi connectivity index (χ3n) is 2.48. The Morgan fingerprint density at radius 1 is 1.38 bits per heavy atom. The predicted molar refractivity (Wildman–Crippen MR) is 79.1 cm³/mol. The molecule has 0 aromatic heterocycles. The molecule has 0 bridgehead atoms. The SMILES string of the molecule is CC(=O)NC(CSCCCOc1ccc(F)cc1)C(=O)O. The number of benzene rings is 1. The minimum Gasteiger partial charge on any atom is -0.494 e. The minimum absolute atomic E-state index is 0.310. The molecule has 116 valence electrons. The van der Waals surface area contributed by atoms with Crippen molar-refractivity contribution in [2.24, 2.45) is 0 Å². The molecule has 0 fully saturated rings. The van der Waals surface area contributed by atoms with Gasteiger partial charge in [-0.2, -0.15) is 11.8 Å². The van der Waals surface area contributed by atoms with E-state index >= 15 is 0 Å². The van der Waals surface area contributed by atoms with Gasteiger partial charge < -0.3 is 15.2 Å². The van der Waals surface area contributed by atoms with E-state index in [1.165, 1.54) is 30.8 Å². The maximum absolute atomic E-state index is 12.7. The third-order valence-corrected chi connectivity index (χ3v) is 3.62.